The van der Waals surface area contributed by atoms with E-state index in [4.69, 9.17) is 67.6 Å². The van der Waals surface area contributed by atoms with E-state index in [0.717, 1.165) is 5.01 Å². The predicted octanol–water partition coefficient (Wildman–Crippen LogP) is 2.74. The highest BCUT2D eigenvalue weighted by atomic mass is 35.6. The zero-order chi connectivity index (χ0) is 19.6. The molecule has 0 bridgehead atoms. The molecule has 2 rings (SSSR count). The minimum absolute atomic E-state index is 0.0733. The monoisotopic (exact) mass is 461 g/mol. The van der Waals surface area contributed by atoms with Gasteiger partial charge < -0.3 is 9.57 Å². The number of hydrazone groups is 1. The van der Waals surface area contributed by atoms with E-state index in [9.17, 15) is 9.59 Å². The maximum Gasteiger partial charge on any atom is 0.361 e. The normalized spacial score (nSPS) is 16.1. The summed E-state index contributed by atoms with van der Waals surface area (Å²) in [6, 6.07) is 0. The van der Waals surface area contributed by atoms with Crippen molar-refractivity contribution in [3.63, 3.8) is 0 Å². The van der Waals surface area contributed by atoms with Gasteiger partial charge in [-0.25, -0.2) is 14.8 Å². The Kier molecular flexibility index (Phi) is 6.51. The van der Waals surface area contributed by atoms with Crippen molar-refractivity contribution >= 4 is 81.3 Å². The molecule has 0 aliphatic carbocycles. The van der Waals surface area contributed by atoms with Crippen molar-refractivity contribution in [2.45, 2.75) is 10.7 Å². The number of hydrogen-bond acceptors (Lipinski definition) is 8. The lowest BCUT2D eigenvalue weighted by molar-refractivity contribution is -0.134. The number of alkyl halides is 3. The molecule has 140 valence electrons. The molecule has 0 atom stereocenters. The number of rotatable bonds is 4. The lowest BCUT2D eigenvalue weighted by Gasteiger charge is -2.11. The van der Waals surface area contributed by atoms with Crippen molar-refractivity contribution in [2.75, 3.05) is 13.7 Å². The van der Waals surface area contributed by atoms with Crippen LogP contribution in [0.5, 0.6) is 5.88 Å². The summed E-state index contributed by atoms with van der Waals surface area (Å²) in [5, 5.41) is 7.67. The maximum absolute atomic E-state index is 12.1. The highest BCUT2D eigenvalue weighted by Gasteiger charge is 2.36. The number of ether oxygens (including phenoxy) is 1. The van der Waals surface area contributed by atoms with Gasteiger partial charge in [0.25, 0.3) is 11.8 Å². The van der Waals surface area contributed by atoms with Gasteiger partial charge in [0.05, 0.1) is 6.61 Å². The molecule has 1 aromatic rings. The summed E-state index contributed by atoms with van der Waals surface area (Å²) in [5.41, 5.74) is -0.774. The number of esters is 1. The summed E-state index contributed by atoms with van der Waals surface area (Å²) in [7, 11) is 1.32. The first-order valence-corrected chi connectivity index (χ1v) is 8.54. The fraction of sp³-hybridized carbons (Fsp3) is 0.333. The van der Waals surface area contributed by atoms with Crippen LogP contribution in [0.2, 0.25) is 10.2 Å². The molecule has 0 unspecified atom stereocenters. The number of oxime groups is 1. The second-order valence-electron chi connectivity index (χ2n) is 4.48. The number of aromatic nitrogens is 2. The van der Waals surface area contributed by atoms with Crippen molar-refractivity contribution < 1.29 is 19.2 Å². The molecule has 9 nitrogen and oxygen atoms in total. The van der Waals surface area contributed by atoms with Crippen LogP contribution in [-0.2, 0) is 18.1 Å². The first kappa shape index (κ1) is 20.9. The Morgan fingerprint density at radius 1 is 1.27 bits per heavy atom. The molecule has 0 saturated heterocycles. The predicted molar refractivity (Wildman–Crippen MR) is 96.2 cm³/mol. The molecular weight excluding hydrogens is 455 g/mol. The van der Waals surface area contributed by atoms with Gasteiger partial charge in [0.2, 0.25) is 15.2 Å². The molecule has 1 aliphatic heterocycles. The van der Waals surface area contributed by atoms with E-state index < -0.39 is 27.3 Å². The first-order valence-electron chi connectivity index (χ1n) is 6.65. The number of hydrogen-bond donors (Lipinski definition) is 0. The zero-order valence-corrected chi connectivity index (χ0v) is 16.7. The van der Waals surface area contributed by atoms with Crippen LogP contribution in [0.1, 0.15) is 12.7 Å². The number of nitrogens with zero attached hydrogens (tertiary/aromatic N) is 5. The summed E-state index contributed by atoms with van der Waals surface area (Å²) in [6.45, 7) is 1.66. The summed E-state index contributed by atoms with van der Waals surface area (Å²) in [6.07, 6.45) is 0. The zero-order valence-electron chi connectivity index (χ0n) is 13.0. The Morgan fingerprint density at radius 3 is 2.50 bits per heavy atom. The Labute approximate surface area is 171 Å². The van der Waals surface area contributed by atoms with Crippen LogP contribution in [0, 0.1) is 0 Å². The third kappa shape index (κ3) is 4.47. The molecule has 14 heteroatoms. The second kappa shape index (κ2) is 8.10. The quantitative estimate of drug-likeness (QED) is 0.294. The van der Waals surface area contributed by atoms with E-state index in [1.165, 1.54) is 7.05 Å². The molecule has 2 heterocycles. The number of halogens is 5. The lowest BCUT2D eigenvalue weighted by Crippen LogP contribution is -2.30. The van der Waals surface area contributed by atoms with Crippen molar-refractivity contribution in [2.24, 2.45) is 10.3 Å². The minimum Gasteiger partial charge on any atom is -0.461 e. The summed E-state index contributed by atoms with van der Waals surface area (Å²) in [5.74, 6) is -2.31. The van der Waals surface area contributed by atoms with E-state index in [1.54, 1.807) is 6.92 Å². The molecule has 26 heavy (non-hydrogen) atoms. The standard InChI is InChI=1S/C12H8Cl5N5O4/c1-3-25-10(24)6-5(9(23)22(2)20-6)21-26-8-4(13)7(14)18-11(19-8)12(15,16)17/h3H2,1-2H3. The van der Waals surface area contributed by atoms with Gasteiger partial charge in [-0.05, 0) is 6.92 Å². The molecule has 0 aromatic carbocycles. The smallest absolute Gasteiger partial charge is 0.361 e. The van der Waals surface area contributed by atoms with E-state index in [1.807, 2.05) is 0 Å². The molecule has 0 fully saturated rings. The molecule has 0 radical (unpaired) electrons. The molecule has 1 aliphatic rings. The van der Waals surface area contributed by atoms with Crippen LogP contribution in [-0.4, -0.2) is 51.9 Å². The number of carbonyl (C=O) groups excluding carboxylic acids is 2. The van der Waals surface area contributed by atoms with E-state index in [0.29, 0.717) is 0 Å². The molecule has 1 amide bonds. The van der Waals surface area contributed by atoms with Crippen LogP contribution in [0.3, 0.4) is 0 Å². The van der Waals surface area contributed by atoms with Crippen LogP contribution in [0.15, 0.2) is 10.3 Å². The Morgan fingerprint density at radius 2 is 1.92 bits per heavy atom. The largest absolute Gasteiger partial charge is 0.461 e. The van der Waals surface area contributed by atoms with Gasteiger partial charge in [-0.1, -0.05) is 63.2 Å². The maximum atomic E-state index is 12.1. The van der Waals surface area contributed by atoms with Crippen LogP contribution in [0.4, 0.5) is 0 Å². The van der Waals surface area contributed by atoms with Gasteiger partial charge in [-0.3, -0.25) is 4.79 Å². The molecular formula is C12H8Cl5N5O4. The van der Waals surface area contributed by atoms with Gasteiger partial charge in [0.1, 0.15) is 5.02 Å². The third-order valence-electron chi connectivity index (χ3n) is 2.70. The van der Waals surface area contributed by atoms with Crippen molar-refractivity contribution in [3.05, 3.63) is 16.0 Å². The fourth-order valence-corrected chi connectivity index (χ4v) is 2.13. The molecule has 0 saturated carbocycles. The molecule has 1 aromatic heterocycles. The Hall–Kier alpha value is -1.39. The van der Waals surface area contributed by atoms with Gasteiger partial charge in [0.15, 0.2) is 11.0 Å². The van der Waals surface area contributed by atoms with Gasteiger partial charge >= 0.3 is 5.97 Å². The highest BCUT2D eigenvalue weighted by Crippen LogP contribution is 2.39. The van der Waals surface area contributed by atoms with Gasteiger partial charge in [0, 0.05) is 7.05 Å². The average Bonchev–Trinajstić information content (AvgIpc) is 2.83. The van der Waals surface area contributed by atoms with Crippen LogP contribution < -0.4 is 4.84 Å². The molecule has 0 spiro atoms. The van der Waals surface area contributed by atoms with Crippen LogP contribution >= 0.6 is 58.0 Å². The fourth-order valence-electron chi connectivity index (χ4n) is 1.59. The first-order chi connectivity index (χ1) is 12.1. The SMILES string of the molecule is CCOC(=O)C1=NN(C)C(=O)C1=NOc1nc(C(Cl)(Cl)Cl)nc(Cl)c1Cl. The van der Waals surface area contributed by atoms with Crippen molar-refractivity contribution in [1.29, 1.82) is 0 Å². The summed E-state index contributed by atoms with van der Waals surface area (Å²) in [4.78, 5) is 36.4. The van der Waals surface area contributed by atoms with E-state index in [-0.39, 0.29) is 28.3 Å². The second-order valence-corrected chi connectivity index (χ2v) is 7.50. The van der Waals surface area contributed by atoms with E-state index >= 15 is 0 Å². The van der Waals surface area contributed by atoms with Crippen molar-refractivity contribution in [1.82, 2.24) is 15.0 Å². The van der Waals surface area contributed by atoms with Crippen LogP contribution in [0.25, 0.3) is 0 Å². The summed E-state index contributed by atoms with van der Waals surface area (Å²) >= 11 is 28.8. The lowest BCUT2D eigenvalue weighted by atomic mass is 10.2. The average molecular weight is 463 g/mol. The van der Waals surface area contributed by atoms with Gasteiger partial charge in [-0.15, -0.1) is 0 Å². The Bertz CT molecular complexity index is 823. The number of carbonyl (C=O) groups is 2. The van der Waals surface area contributed by atoms with E-state index in [2.05, 4.69) is 20.2 Å². The minimum atomic E-state index is -2.01. The highest BCUT2D eigenvalue weighted by molar-refractivity contribution is 6.81. The molecule has 0 N–H and O–H groups in total. The number of amides is 1. The van der Waals surface area contributed by atoms with Gasteiger partial charge in [-0.2, -0.15) is 10.1 Å². The topological polar surface area (TPSA) is 106 Å². The Balaban J connectivity index is 2.39. The summed E-state index contributed by atoms with van der Waals surface area (Å²) < 4.78 is 2.79. The third-order valence-corrected chi connectivity index (χ3v) is 3.91. The van der Waals surface area contributed by atoms with Crippen molar-refractivity contribution in [3.8, 4) is 5.88 Å².